The topological polar surface area (TPSA) is 136 Å². The Morgan fingerprint density at radius 2 is 1.74 bits per heavy atom. The van der Waals surface area contributed by atoms with Crippen LogP contribution in [0.25, 0.3) is 0 Å². The molecule has 5 rings (SSSR count). The zero-order chi connectivity index (χ0) is 28.0. The number of carbonyl (C=O) groups is 4. The van der Waals surface area contributed by atoms with Gasteiger partial charge in [0.1, 0.15) is 11.5 Å². The van der Waals surface area contributed by atoms with Crippen LogP contribution in [0.2, 0.25) is 0 Å². The molecule has 11 nitrogen and oxygen atoms in total. The van der Waals surface area contributed by atoms with Gasteiger partial charge >= 0.3 is 5.97 Å². The molecular weight excluding hydrogens is 506 g/mol. The summed E-state index contributed by atoms with van der Waals surface area (Å²) in [6, 6.07) is 8.67. The van der Waals surface area contributed by atoms with Crippen molar-refractivity contribution in [1.82, 2.24) is 0 Å². The summed E-state index contributed by atoms with van der Waals surface area (Å²) in [6.07, 6.45) is 2.27. The first kappa shape index (κ1) is 26.3. The van der Waals surface area contributed by atoms with Crippen molar-refractivity contribution in [3.05, 3.63) is 52.1 Å². The van der Waals surface area contributed by atoms with Crippen LogP contribution in [-0.4, -0.2) is 42.3 Å². The number of methoxy groups -OCH3 is 1. The fourth-order valence-corrected chi connectivity index (χ4v) is 5.87. The minimum absolute atomic E-state index is 0.0287. The third-order valence-corrected chi connectivity index (χ3v) is 7.94. The van der Waals surface area contributed by atoms with E-state index in [9.17, 15) is 29.3 Å². The quantitative estimate of drug-likeness (QED) is 0.179. The monoisotopic (exact) mass is 535 g/mol. The molecule has 1 saturated carbocycles. The van der Waals surface area contributed by atoms with Crippen LogP contribution in [-0.2, 0) is 19.2 Å². The maximum atomic E-state index is 13.1. The number of nitro groups is 1. The van der Waals surface area contributed by atoms with Crippen LogP contribution in [0.5, 0.6) is 11.5 Å². The number of esters is 1. The van der Waals surface area contributed by atoms with Gasteiger partial charge in [-0.2, -0.15) is 0 Å². The summed E-state index contributed by atoms with van der Waals surface area (Å²) in [7, 11) is 1.35. The Bertz CT molecular complexity index is 1390. The molecule has 3 amide bonds. The predicted molar refractivity (Wildman–Crippen MR) is 139 cm³/mol. The molecule has 4 atom stereocenters. The first-order valence-corrected chi connectivity index (χ1v) is 12.9. The Labute approximate surface area is 224 Å². The molecule has 2 heterocycles. The molecule has 2 aliphatic heterocycles. The first-order chi connectivity index (χ1) is 18.6. The summed E-state index contributed by atoms with van der Waals surface area (Å²) >= 11 is 0. The second-order valence-electron chi connectivity index (χ2n) is 10.5. The molecule has 2 aromatic carbocycles. The highest BCUT2D eigenvalue weighted by Gasteiger charge is 2.50. The Morgan fingerprint density at radius 3 is 2.44 bits per heavy atom. The normalized spacial score (nSPS) is 24.6. The van der Waals surface area contributed by atoms with E-state index in [0.717, 1.165) is 6.42 Å². The first-order valence-electron chi connectivity index (χ1n) is 12.9. The number of non-ortho nitro benzene ring substituents is 1. The number of anilines is 2. The second kappa shape index (κ2) is 10.1. The fourth-order valence-electron chi connectivity index (χ4n) is 5.87. The van der Waals surface area contributed by atoms with Crippen LogP contribution in [0.1, 0.15) is 38.2 Å². The maximum absolute atomic E-state index is 13.1. The standard InChI is InChI=1S/C28H29N3O8/c1-15-4-7-20-21(10-15)27(34)30(26(20)33)22-9-6-19(11-16(22)2)39-28(35)17-12-25(32)29(14-17)23-8-5-18(31(36)37)13-24(23)38-3/h5-6,8-9,11,13,15,17,20-21H,4,7,10,12,14H2,1-3H3/t15-,17+,20+,21+/m0/s1. The summed E-state index contributed by atoms with van der Waals surface area (Å²) in [5.41, 5.74) is 1.26. The number of nitro benzene ring substituents is 1. The molecular formula is C28H29N3O8. The van der Waals surface area contributed by atoms with Gasteiger partial charge in [0.05, 0.1) is 47.2 Å². The molecule has 39 heavy (non-hydrogen) atoms. The zero-order valence-corrected chi connectivity index (χ0v) is 21.9. The molecule has 3 fully saturated rings. The lowest BCUT2D eigenvalue weighted by Crippen LogP contribution is -2.31. The van der Waals surface area contributed by atoms with E-state index in [-0.39, 0.29) is 59.7 Å². The molecule has 1 aliphatic carbocycles. The highest BCUT2D eigenvalue weighted by molar-refractivity contribution is 6.22. The zero-order valence-electron chi connectivity index (χ0n) is 21.9. The highest BCUT2D eigenvalue weighted by Crippen LogP contribution is 2.43. The van der Waals surface area contributed by atoms with Crippen molar-refractivity contribution in [2.24, 2.45) is 23.7 Å². The third kappa shape index (κ3) is 4.73. The lowest BCUT2D eigenvalue weighted by Gasteiger charge is -2.25. The number of hydrogen-bond donors (Lipinski definition) is 0. The highest BCUT2D eigenvalue weighted by atomic mass is 16.6. The van der Waals surface area contributed by atoms with Crippen LogP contribution in [0.15, 0.2) is 36.4 Å². The van der Waals surface area contributed by atoms with E-state index in [4.69, 9.17) is 9.47 Å². The van der Waals surface area contributed by atoms with Crippen molar-refractivity contribution in [2.45, 2.75) is 39.5 Å². The number of benzene rings is 2. The number of aryl methyl sites for hydroxylation is 1. The number of imide groups is 1. The fraction of sp³-hybridized carbons (Fsp3) is 0.429. The largest absolute Gasteiger partial charge is 0.494 e. The van der Waals surface area contributed by atoms with Crippen LogP contribution >= 0.6 is 0 Å². The number of rotatable bonds is 6. The molecule has 0 bridgehead atoms. The van der Waals surface area contributed by atoms with Crippen molar-refractivity contribution < 1.29 is 33.6 Å². The summed E-state index contributed by atoms with van der Waals surface area (Å²) in [4.78, 5) is 65.0. The summed E-state index contributed by atoms with van der Waals surface area (Å²) in [6.45, 7) is 3.88. The summed E-state index contributed by atoms with van der Waals surface area (Å²) in [5, 5.41) is 11.1. The maximum Gasteiger partial charge on any atom is 0.316 e. The van der Waals surface area contributed by atoms with Gasteiger partial charge in [-0.15, -0.1) is 0 Å². The SMILES string of the molecule is COc1cc([N+](=O)[O-])ccc1N1C[C@H](C(=O)Oc2ccc(N3C(=O)[C@@H]4CC[C@H](C)C[C@H]4C3=O)c(C)c2)CC1=O. The summed E-state index contributed by atoms with van der Waals surface area (Å²) in [5.74, 6) is -1.80. The smallest absolute Gasteiger partial charge is 0.316 e. The Kier molecular flexibility index (Phi) is 6.83. The number of hydrogen-bond acceptors (Lipinski definition) is 8. The van der Waals surface area contributed by atoms with E-state index in [2.05, 4.69) is 6.92 Å². The number of amides is 3. The molecule has 11 heteroatoms. The van der Waals surface area contributed by atoms with Gasteiger partial charge in [-0.05, 0) is 61.9 Å². The van der Waals surface area contributed by atoms with Crippen LogP contribution in [0.3, 0.4) is 0 Å². The van der Waals surface area contributed by atoms with E-state index in [1.165, 1.54) is 35.1 Å². The number of nitrogens with zero attached hydrogens (tertiary/aromatic N) is 3. The molecule has 3 aliphatic rings. The van der Waals surface area contributed by atoms with E-state index in [1.54, 1.807) is 25.1 Å². The van der Waals surface area contributed by atoms with Gasteiger partial charge in [-0.25, -0.2) is 4.90 Å². The Hall–Kier alpha value is -4.28. The summed E-state index contributed by atoms with van der Waals surface area (Å²) < 4.78 is 10.8. The lowest BCUT2D eigenvalue weighted by atomic mass is 9.76. The molecule has 0 unspecified atom stereocenters. The van der Waals surface area contributed by atoms with Crippen molar-refractivity contribution in [3.8, 4) is 11.5 Å². The van der Waals surface area contributed by atoms with Crippen LogP contribution in [0, 0.1) is 40.7 Å². The molecule has 204 valence electrons. The van der Waals surface area contributed by atoms with Gasteiger partial charge < -0.3 is 14.4 Å². The van der Waals surface area contributed by atoms with Crippen LogP contribution in [0.4, 0.5) is 17.1 Å². The molecule has 0 radical (unpaired) electrons. The van der Waals surface area contributed by atoms with Crippen LogP contribution < -0.4 is 19.3 Å². The molecule has 0 aromatic heterocycles. The van der Waals surface area contributed by atoms with Crippen molar-refractivity contribution in [1.29, 1.82) is 0 Å². The predicted octanol–water partition coefficient (Wildman–Crippen LogP) is 3.80. The van der Waals surface area contributed by atoms with E-state index in [1.807, 2.05) is 0 Å². The van der Waals surface area contributed by atoms with Gasteiger partial charge in [0.2, 0.25) is 17.7 Å². The molecule has 2 saturated heterocycles. The Balaban J connectivity index is 1.28. The van der Waals surface area contributed by atoms with Gasteiger partial charge in [0.15, 0.2) is 0 Å². The average Bonchev–Trinajstić information content (AvgIpc) is 3.40. The number of fused-ring (bicyclic) bond motifs is 1. The third-order valence-electron chi connectivity index (χ3n) is 7.94. The van der Waals surface area contributed by atoms with Gasteiger partial charge in [-0.3, -0.25) is 29.3 Å². The minimum Gasteiger partial charge on any atom is -0.494 e. The number of carbonyl (C=O) groups excluding carboxylic acids is 4. The second-order valence-corrected chi connectivity index (χ2v) is 10.5. The van der Waals surface area contributed by atoms with E-state index in [0.29, 0.717) is 35.7 Å². The minimum atomic E-state index is -0.760. The molecule has 0 spiro atoms. The molecule has 0 N–H and O–H groups in total. The van der Waals surface area contributed by atoms with Crippen molar-refractivity contribution >= 4 is 40.8 Å². The van der Waals surface area contributed by atoms with E-state index >= 15 is 0 Å². The average molecular weight is 536 g/mol. The Morgan fingerprint density at radius 1 is 1.03 bits per heavy atom. The number of ether oxygens (including phenoxy) is 2. The lowest BCUT2D eigenvalue weighted by molar-refractivity contribution is -0.384. The van der Waals surface area contributed by atoms with Crippen molar-refractivity contribution in [3.63, 3.8) is 0 Å². The van der Waals surface area contributed by atoms with Gasteiger partial charge in [0, 0.05) is 19.0 Å². The molecule has 2 aromatic rings. The van der Waals surface area contributed by atoms with Gasteiger partial charge in [-0.1, -0.05) is 6.92 Å². The van der Waals surface area contributed by atoms with E-state index < -0.39 is 16.8 Å². The van der Waals surface area contributed by atoms with Crippen molar-refractivity contribution in [2.75, 3.05) is 23.5 Å². The van der Waals surface area contributed by atoms with Gasteiger partial charge in [0.25, 0.3) is 5.69 Å².